The number of amides is 1. The SMILES string of the molecule is Cc1ccc(-c2nc(C)c(C(=O)Nc3cc(C(F)(F)F)ccc3N3CCOCC3)s2)o1. The largest absolute Gasteiger partial charge is 0.459 e. The lowest BCUT2D eigenvalue weighted by Gasteiger charge is -2.31. The number of morpholine rings is 1. The number of carbonyl (C=O) groups excluding carboxylic acids is 1. The molecular weight excluding hydrogens is 431 g/mol. The van der Waals surface area contributed by atoms with E-state index in [1.54, 1.807) is 26.0 Å². The molecule has 1 N–H and O–H groups in total. The van der Waals surface area contributed by atoms with E-state index in [-0.39, 0.29) is 5.69 Å². The average Bonchev–Trinajstić information content (AvgIpc) is 3.33. The Labute approximate surface area is 180 Å². The molecule has 0 bridgehead atoms. The molecule has 1 fully saturated rings. The highest BCUT2D eigenvalue weighted by atomic mass is 32.1. The molecule has 1 aliphatic rings. The standard InChI is InChI=1S/C21H20F3N3O3S/c1-12-3-6-17(30-12)20-25-13(2)18(31-20)19(28)26-15-11-14(21(22,23)24)4-5-16(15)27-7-9-29-10-8-27/h3-6,11H,7-10H2,1-2H3,(H,26,28). The van der Waals surface area contributed by atoms with Crippen LogP contribution in [-0.2, 0) is 10.9 Å². The lowest BCUT2D eigenvalue weighted by Crippen LogP contribution is -2.36. The first-order chi connectivity index (χ1) is 14.7. The number of hydrogen-bond acceptors (Lipinski definition) is 6. The molecule has 0 spiro atoms. The zero-order valence-electron chi connectivity index (χ0n) is 16.9. The van der Waals surface area contributed by atoms with Crippen LogP contribution in [0.5, 0.6) is 0 Å². The van der Waals surface area contributed by atoms with Gasteiger partial charge in [-0.1, -0.05) is 0 Å². The summed E-state index contributed by atoms with van der Waals surface area (Å²) in [4.78, 5) is 19.6. The molecule has 2 aromatic heterocycles. The Balaban J connectivity index is 1.66. The second kappa shape index (κ2) is 8.35. The van der Waals surface area contributed by atoms with E-state index >= 15 is 0 Å². The van der Waals surface area contributed by atoms with E-state index in [1.807, 2.05) is 4.90 Å². The van der Waals surface area contributed by atoms with Crippen LogP contribution < -0.4 is 10.2 Å². The molecule has 1 amide bonds. The smallest absolute Gasteiger partial charge is 0.416 e. The van der Waals surface area contributed by atoms with Crippen LogP contribution in [0.3, 0.4) is 0 Å². The summed E-state index contributed by atoms with van der Waals surface area (Å²) in [6.45, 7) is 5.46. The second-order valence-corrected chi connectivity index (χ2v) is 8.13. The zero-order chi connectivity index (χ0) is 22.2. The lowest BCUT2D eigenvalue weighted by atomic mass is 10.1. The molecule has 0 unspecified atom stereocenters. The number of benzene rings is 1. The van der Waals surface area contributed by atoms with E-state index in [4.69, 9.17) is 9.15 Å². The third-order valence-corrected chi connectivity index (χ3v) is 6.05. The maximum absolute atomic E-state index is 13.3. The average molecular weight is 451 g/mol. The molecule has 0 radical (unpaired) electrons. The molecule has 6 nitrogen and oxygen atoms in total. The summed E-state index contributed by atoms with van der Waals surface area (Å²) in [5.74, 6) is 0.740. The van der Waals surface area contributed by atoms with Gasteiger partial charge in [0.25, 0.3) is 5.91 Å². The number of alkyl halides is 3. The van der Waals surface area contributed by atoms with Crippen LogP contribution in [0, 0.1) is 13.8 Å². The fourth-order valence-electron chi connectivity index (χ4n) is 3.33. The van der Waals surface area contributed by atoms with E-state index in [0.29, 0.717) is 59.1 Å². The highest BCUT2D eigenvalue weighted by Gasteiger charge is 2.32. The van der Waals surface area contributed by atoms with Crippen molar-refractivity contribution in [2.75, 3.05) is 36.5 Å². The number of thiazole rings is 1. The number of anilines is 2. The number of ether oxygens (including phenoxy) is 1. The van der Waals surface area contributed by atoms with Crippen molar-refractivity contribution in [3.05, 3.63) is 52.2 Å². The third-order valence-electron chi connectivity index (χ3n) is 4.88. The van der Waals surface area contributed by atoms with Crippen LogP contribution in [0.1, 0.15) is 26.7 Å². The number of hydrogen-bond donors (Lipinski definition) is 1. The van der Waals surface area contributed by atoms with Crippen molar-refractivity contribution in [1.29, 1.82) is 0 Å². The van der Waals surface area contributed by atoms with Gasteiger partial charge in [0.2, 0.25) is 0 Å². The highest BCUT2D eigenvalue weighted by Crippen LogP contribution is 2.37. The van der Waals surface area contributed by atoms with E-state index in [1.165, 1.54) is 6.07 Å². The fraction of sp³-hybridized carbons (Fsp3) is 0.333. The zero-order valence-corrected chi connectivity index (χ0v) is 17.7. The molecular formula is C21H20F3N3O3S. The minimum absolute atomic E-state index is 0.102. The number of aryl methyl sites for hydroxylation is 2. The summed E-state index contributed by atoms with van der Waals surface area (Å²) >= 11 is 1.13. The molecule has 3 aromatic rings. The molecule has 31 heavy (non-hydrogen) atoms. The van der Waals surface area contributed by atoms with Gasteiger partial charge in [0.15, 0.2) is 10.8 Å². The predicted molar refractivity (Wildman–Crippen MR) is 112 cm³/mol. The summed E-state index contributed by atoms with van der Waals surface area (Å²) in [6, 6.07) is 6.94. The van der Waals surface area contributed by atoms with E-state index < -0.39 is 17.6 Å². The number of nitrogens with zero attached hydrogens (tertiary/aromatic N) is 2. The van der Waals surface area contributed by atoms with Gasteiger partial charge in [0, 0.05) is 13.1 Å². The van der Waals surface area contributed by atoms with Gasteiger partial charge >= 0.3 is 6.18 Å². The van der Waals surface area contributed by atoms with Crippen LogP contribution in [0.4, 0.5) is 24.5 Å². The Kier molecular flexibility index (Phi) is 5.76. The number of rotatable bonds is 4. The van der Waals surface area contributed by atoms with Crippen molar-refractivity contribution < 1.29 is 27.1 Å². The van der Waals surface area contributed by atoms with Gasteiger partial charge < -0.3 is 19.4 Å². The minimum atomic E-state index is -4.52. The maximum atomic E-state index is 13.3. The number of aromatic nitrogens is 1. The van der Waals surface area contributed by atoms with Crippen LogP contribution in [0.2, 0.25) is 0 Å². The van der Waals surface area contributed by atoms with Crippen molar-refractivity contribution in [3.8, 4) is 10.8 Å². The van der Waals surface area contributed by atoms with Crippen LogP contribution in [-0.4, -0.2) is 37.2 Å². The molecule has 1 aliphatic heterocycles. The molecule has 0 aliphatic carbocycles. The quantitative estimate of drug-likeness (QED) is 0.596. The predicted octanol–water partition coefficient (Wildman–Crippen LogP) is 5.13. The normalized spacial score (nSPS) is 14.7. The Morgan fingerprint density at radius 3 is 2.55 bits per heavy atom. The van der Waals surface area contributed by atoms with Gasteiger partial charge in [-0.3, -0.25) is 4.79 Å². The summed E-state index contributed by atoms with van der Waals surface area (Å²) in [5.41, 5.74) is 0.276. The van der Waals surface area contributed by atoms with Crippen LogP contribution >= 0.6 is 11.3 Å². The van der Waals surface area contributed by atoms with Gasteiger partial charge in [-0.25, -0.2) is 4.98 Å². The molecule has 0 atom stereocenters. The van der Waals surface area contributed by atoms with E-state index in [2.05, 4.69) is 10.3 Å². The topological polar surface area (TPSA) is 67.6 Å². The maximum Gasteiger partial charge on any atom is 0.416 e. The monoisotopic (exact) mass is 451 g/mol. The minimum Gasteiger partial charge on any atom is -0.459 e. The number of nitrogens with one attached hydrogen (secondary N) is 1. The van der Waals surface area contributed by atoms with Crippen molar-refractivity contribution >= 4 is 28.6 Å². The Hall–Kier alpha value is -2.85. The Morgan fingerprint density at radius 1 is 1.16 bits per heavy atom. The van der Waals surface area contributed by atoms with Gasteiger partial charge in [0.05, 0.1) is 35.8 Å². The Morgan fingerprint density at radius 2 is 1.90 bits per heavy atom. The third kappa shape index (κ3) is 4.59. The fourth-order valence-corrected chi connectivity index (χ4v) is 4.26. The van der Waals surface area contributed by atoms with Gasteiger partial charge in [0.1, 0.15) is 10.6 Å². The van der Waals surface area contributed by atoms with Crippen molar-refractivity contribution in [2.45, 2.75) is 20.0 Å². The summed E-state index contributed by atoms with van der Waals surface area (Å²) in [6.07, 6.45) is -4.52. The summed E-state index contributed by atoms with van der Waals surface area (Å²) in [5, 5.41) is 3.20. The van der Waals surface area contributed by atoms with Gasteiger partial charge in [-0.15, -0.1) is 11.3 Å². The van der Waals surface area contributed by atoms with Crippen molar-refractivity contribution in [1.82, 2.24) is 4.98 Å². The summed E-state index contributed by atoms with van der Waals surface area (Å²) in [7, 11) is 0. The first-order valence-electron chi connectivity index (χ1n) is 9.62. The van der Waals surface area contributed by atoms with Crippen LogP contribution in [0.25, 0.3) is 10.8 Å². The second-order valence-electron chi connectivity index (χ2n) is 7.13. The molecule has 3 heterocycles. The molecule has 164 valence electrons. The molecule has 1 aromatic carbocycles. The summed E-state index contributed by atoms with van der Waals surface area (Å²) < 4.78 is 50.8. The van der Waals surface area contributed by atoms with Gasteiger partial charge in [-0.2, -0.15) is 13.2 Å². The van der Waals surface area contributed by atoms with E-state index in [9.17, 15) is 18.0 Å². The molecule has 1 saturated heterocycles. The lowest BCUT2D eigenvalue weighted by molar-refractivity contribution is -0.137. The van der Waals surface area contributed by atoms with Crippen molar-refractivity contribution in [3.63, 3.8) is 0 Å². The van der Waals surface area contributed by atoms with Crippen molar-refractivity contribution in [2.24, 2.45) is 0 Å². The first kappa shape index (κ1) is 21.4. The number of carbonyl (C=O) groups is 1. The Bertz CT molecular complexity index is 1100. The van der Waals surface area contributed by atoms with Crippen LogP contribution in [0.15, 0.2) is 34.7 Å². The molecule has 0 saturated carbocycles. The number of furan rings is 1. The van der Waals surface area contributed by atoms with Gasteiger partial charge in [-0.05, 0) is 44.2 Å². The highest BCUT2D eigenvalue weighted by molar-refractivity contribution is 7.17. The number of halogens is 3. The van der Waals surface area contributed by atoms with E-state index in [0.717, 1.165) is 23.5 Å². The molecule has 10 heteroatoms. The molecule has 4 rings (SSSR count). The first-order valence-corrected chi connectivity index (χ1v) is 10.4.